The lowest BCUT2D eigenvalue weighted by Crippen LogP contribution is -2.33. The minimum absolute atomic E-state index is 0.126. The molecule has 0 aliphatic carbocycles. The maximum absolute atomic E-state index is 12.0. The van der Waals surface area contributed by atoms with Crippen molar-refractivity contribution < 1.29 is 28.4 Å². The van der Waals surface area contributed by atoms with Crippen molar-refractivity contribution in [3.63, 3.8) is 0 Å². The molecule has 4 atom stereocenters. The number of aromatic nitrogens is 3. The number of methoxy groups -OCH3 is 2. The highest BCUT2D eigenvalue weighted by Gasteiger charge is 2.26. The number of anilines is 1. The van der Waals surface area contributed by atoms with Crippen LogP contribution in [-0.2, 0) is 18.8 Å². The zero-order chi connectivity index (χ0) is 28.9. The number of halogens is 1. The molecule has 0 saturated carbocycles. The highest BCUT2D eigenvalue weighted by atomic mass is 35.5. The topological polar surface area (TPSA) is 120 Å². The minimum atomic E-state index is -1.75. The van der Waals surface area contributed by atoms with Crippen LogP contribution in [0.3, 0.4) is 0 Å². The Morgan fingerprint density at radius 3 is 2.46 bits per heavy atom. The van der Waals surface area contributed by atoms with Crippen LogP contribution in [0.2, 0.25) is 5.02 Å². The third kappa shape index (κ3) is 9.27. The summed E-state index contributed by atoms with van der Waals surface area (Å²) in [4.78, 5) is 22.7. The standard InChI is InChI=1S/C24H33ClN5O6P.C2H6/c1-16(24(32)34-5)28-37(36-19-8-6-17(25)7-9-19)35-14-20(33-4)12-18(13-31)30-11-10-21-22(29(2)3)26-15-27-23(21)30;1-2/h6-11,15-16,18,20,28,31H,12-14H2,1-5H3;1-2H3. The van der Waals surface area contributed by atoms with Gasteiger partial charge in [-0.15, -0.1) is 0 Å². The lowest BCUT2D eigenvalue weighted by molar-refractivity contribution is -0.142. The first-order chi connectivity index (χ1) is 18.8. The van der Waals surface area contributed by atoms with Gasteiger partial charge in [0.25, 0.3) is 0 Å². The van der Waals surface area contributed by atoms with Gasteiger partial charge in [-0.3, -0.25) is 4.79 Å². The summed E-state index contributed by atoms with van der Waals surface area (Å²) in [6.45, 7) is 5.68. The number of fused-ring (bicyclic) bond motifs is 1. The largest absolute Gasteiger partial charge is 0.468 e. The first-order valence-corrected chi connectivity index (χ1v) is 14.2. The van der Waals surface area contributed by atoms with Gasteiger partial charge in [0, 0.05) is 32.4 Å². The molecule has 0 fully saturated rings. The number of ether oxygens (including phenoxy) is 2. The quantitative estimate of drug-likeness (QED) is 0.206. The third-order valence-electron chi connectivity index (χ3n) is 5.62. The van der Waals surface area contributed by atoms with Gasteiger partial charge in [0.15, 0.2) is 0 Å². The van der Waals surface area contributed by atoms with Crippen LogP contribution in [0.4, 0.5) is 5.82 Å². The summed E-state index contributed by atoms with van der Waals surface area (Å²) in [5.41, 5.74) is 0.718. The van der Waals surface area contributed by atoms with Gasteiger partial charge < -0.3 is 33.1 Å². The summed E-state index contributed by atoms with van der Waals surface area (Å²) < 4.78 is 24.4. The predicted molar refractivity (Wildman–Crippen MR) is 154 cm³/mol. The lowest BCUT2D eigenvalue weighted by atomic mass is 10.1. The van der Waals surface area contributed by atoms with E-state index in [4.69, 9.17) is 30.1 Å². The van der Waals surface area contributed by atoms with E-state index < -0.39 is 20.5 Å². The molecule has 3 aromatic rings. The van der Waals surface area contributed by atoms with Gasteiger partial charge in [-0.2, -0.15) is 0 Å². The summed E-state index contributed by atoms with van der Waals surface area (Å²) >= 11 is 5.97. The SMILES string of the molecule is CC.COC(=O)C(C)NP(OCC(CC(CO)n1ccc2c(N(C)C)ncnc21)OC)Oc1ccc(Cl)cc1. The Hall–Kier alpha value is -2.53. The maximum atomic E-state index is 12.0. The highest BCUT2D eigenvalue weighted by molar-refractivity contribution is 7.45. The van der Waals surface area contributed by atoms with Crippen molar-refractivity contribution in [3.05, 3.63) is 47.9 Å². The number of esters is 1. The van der Waals surface area contributed by atoms with Gasteiger partial charge in [0.2, 0.25) is 0 Å². The van der Waals surface area contributed by atoms with Crippen molar-refractivity contribution in [1.82, 2.24) is 19.6 Å². The number of hydrogen-bond donors (Lipinski definition) is 2. The van der Waals surface area contributed by atoms with E-state index in [0.29, 0.717) is 17.2 Å². The fraction of sp³-hybridized carbons (Fsp3) is 0.500. The Morgan fingerprint density at radius 1 is 1.18 bits per heavy atom. The van der Waals surface area contributed by atoms with Crippen LogP contribution in [0.15, 0.2) is 42.9 Å². The Morgan fingerprint density at radius 2 is 1.87 bits per heavy atom. The van der Waals surface area contributed by atoms with Crippen LogP contribution in [0.1, 0.15) is 33.2 Å². The maximum Gasteiger partial charge on any atom is 0.323 e. The molecule has 2 N–H and O–H groups in total. The molecule has 39 heavy (non-hydrogen) atoms. The molecular weight excluding hydrogens is 545 g/mol. The molecule has 3 rings (SSSR count). The Labute approximate surface area is 236 Å². The number of aliphatic hydroxyl groups is 1. The Balaban J connectivity index is 0.00000260. The van der Waals surface area contributed by atoms with E-state index in [1.165, 1.54) is 13.4 Å². The minimum Gasteiger partial charge on any atom is -0.468 e. The second-order valence-corrected chi connectivity index (χ2v) is 10.1. The summed E-state index contributed by atoms with van der Waals surface area (Å²) in [6, 6.07) is 7.77. The number of nitrogens with one attached hydrogen (secondary N) is 1. The molecule has 0 aliphatic heterocycles. The van der Waals surface area contributed by atoms with Crippen LogP contribution in [0.25, 0.3) is 11.0 Å². The molecule has 0 bridgehead atoms. The molecule has 0 spiro atoms. The number of carbonyl (C=O) groups is 1. The molecule has 216 valence electrons. The third-order valence-corrected chi connectivity index (χ3v) is 7.23. The number of carbonyl (C=O) groups excluding carboxylic acids is 1. The second-order valence-electron chi connectivity index (χ2n) is 8.45. The lowest BCUT2D eigenvalue weighted by Gasteiger charge is -2.26. The summed E-state index contributed by atoms with van der Waals surface area (Å²) in [7, 11) is 4.98. The van der Waals surface area contributed by atoms with E-state index in [0.717, 1.165) is 16.9 Å². The smallest absolute Gasteiger partial charge is 0.323 e. The number of benzene rings is 1. The molecule has 1 aromatic carbocycles. The van der Waals surface area contributed by atoms with Crippen LogP contribution >= 0.6 is 20.1 Å². The number of rotatable bonds is 14. The van der Waals surface area contributed by atoms with E-state index >= 15 is 0 Å². The number of nitrogens with zero attached hydrogens (tertiary/aromatic N) is 4. The van der Waals surface area contributed by atoms with Crippen LogP contribution < -0.4 is 14.5 Å². The predicted octanol–water partition coefficient (Wildman–Crippen LogP) is 4.59. The molecule has 0 amide bonds. The molecule has 2 aromatic heterocycles. The van der Waals surface area contributed by atoms with E-state index in [1.807, 2.05) is 49.7 Å². The second kappa shape index (κ2) is 16.5. The van der Waals surface area contributed by atoms with Gasteiger partial charge in [-0.25, -0.2) is 15.1 Å². The van der Waals surface area contributed by atoms with Crippen molar-refractivity contribution in [2.45, 2.75) is 45.4 Å². The summed E-state index contributed by atoms with van der Waals surface area (Å²) in [6.07, 6.45) is 3.44. The van der Waals surface area contributed by atoms with E-state index in [9.17, 15) is 9.90 Å². The van der Waals surface area contributed by atoms with Gasteiger partial charge in [-0.05, 0) is 43.7 Å². The average Bonchev–Trinajstić information content (AvgIpc) is 3.39. The van der Waals surface area contributed by atoms with Gasteiger partial charge in [0.05, 0.1) is 37.9 Å². The van der Waals surface area contributed by atoms with Crippen molar-refractivity contribution in [3.8, 4) is 5.75 Å². The van der Waals surface area contributed by atoms with E-state index in [1.54, 1.807) is 38.3 Å². The zero-order valence-corrected chi connectivity index (χ0v) is 25.1. The first kappa shape index (κ1) is 32.7. The average molecular weight is 584 g/mol. The normalized spacial score (nSPS) is 14.1. The summed E-state index contributed by atoms with van der Waals surface area (Å²) in [5.74, 6) is 0.873. The molecular formula is C26H39ClN5O6P. The van der Waals surface area contributed by atoms with Crippen molar-refractivity contribution in [1.29, 1.82) is 0 Å². The van der Waals surface area contributed by atoms with Crippen molar-refractivity contribution >= 4 is 42.9 Å². The number of aliphatic hydroxyl groups excluding tert-OH is 1. The van der Waals surface area contributed by atoms with Crippen molar-refractivity contribution in [2.24, 2.45) is 0 Å². The molecule has 11 nitrogen and oxygen atoms in total. The van der Waals surface area contributed by atoms with E-state index in [-0.39, 0.29) is 25.4 Å². The van der Waals surface area contributed by atoms with Gasteiger partial charge in [0.1, 0.15) is 29.6 Å². The fourth-order valence-corrected chi connectivity index (χ4v) is 4.98. The zero-order valence-electron chi connectivity index (χ0n) is 23.5. The molecule has 4 unspecified atom stereocenters. The van der Waals surface area contributed by atoms with Crippen LogP contribution in [-0.4, -0.2) is 79.3 Å². The molecule has 13 heteroatoms. The van der Waals surface area contributed by atoms with Crippen molar-refractivity contribution in [2.75, 3.05) is 46.4 Å². The van der Waals surface area contributed by atoms with Gasteiger partial charge >= 0.3 is 14.5 Å². The Kier molecular flexibility index (Phi) is 13.9. The molecule has 0 saturated heterocycles. The van der Waals surface area contributed by atoms with Crippen LogP contribution in [0, 0.1) is 0 Å². The van der Waals surface area contributed by atoms with Gasteiger partial charge in [-0.1, -0.05) is 25.4 Å². The monoisotopic (exact) mass is 583 g/mol. The molecule has 0 aliphatic rings. The van der Waals surface area contributed by atoms with Crippen LogP contribution in [0.5, 0.6) is 5.75 Å². The summed E-state index contributed by atoms with van der Waals surface area (Å²) in [5, 5.41) is 14.7. The fourth-order valence-electron chi connectivity index (χ4n) is 3.64. The molecule has 2 heterocycles. The van der Waals surface area contributed by atoms with E-state index in [2.05, 4.69) is 15.1 Å². The highest BCUT2D eigenvalue weighted by Crippen LogP contribution is 2.37. The molecule has 0 radical (unpaired) electrons. The first-order valence-electron chi connectivity index (χ1n) is 12.6. The number of hydrogen-bond acceptors (Lipinski definition) is 10. The Bertz CT molecular complexity index is 1150.